The van der Waals surface area contributed by atoms with Crippen molar-refractivity contribution in [1.82, 2.24) is 15.5 Å². The van der Waals surface area contributed by atoms with Crippen LogP contribution >= 0.6 is 0 Å². The fraction of sp³-hybridized carbons (Fsp3) is 0.429. The molecule has 3 atom stereocenters. The Labute approximate surface area is 157 Å². The second-order valence-corrected chi connectivity index (χ2v) is 7.65. The van der Waals surface area contributed by atoms with Gasteiger partial charge in [0.25, 0.3) is 0 Å². The van der Waals surface area contributed by atoms with E-state index in [0.717, 1.165) is 36.1 Å². The van der Waals surface area contributed by atoms with Gasteiger partial charge in [0, 0.05) is 24.6 Å². The summed E-state index contributed by atoms with van der Waals surface area (Å²) < 4.78 is 5.85. The number of hydrogen-bond donors (Lipinski definition) is 1. The van der Waals surface area contributed by atoms with E-state index in [1.807, 2.05) is 0 Å². The molecule has 1 N–H and O–H groups in total. The van der Waals surface area contributed by atoms with Crippen LogP contribution in [0.1, 0.15) is 54.1 Å². The molecule has 27 heavy (non-hydrogen) atoms. The quantitative estimate of drug-likeness (QED) is 0.888. The summed E-state index contributed by atoms with van der Waals surface area (Å²) in [7, 11) is 0. The van der Waals surface area contributed by atoms with E-state index in [4.69, 9.17) is 9.41 Å². The van der Waals surface area contributed by atoms with Gasteiger partial charge in [-0.3, -0.25) is 9.79 Å². The highest BCUT2D eigenvalue weighted by Crippen LogP contribution is 2.44. The van der Waals surface area contributed by atoms with Gasteiger partial charge in [-0.1, -0.05) is 29.8 Å². The van der Waals surface area contributed by atoms with E-state index in [9.17, 15) is 4.79 Å². The molecule has 138 valence electrons. The van der Waals surface area contributed by atoms with Crippen molar-refractivity contribution in [3.05, 3.63) is 58.3 Å². The summed E-state index contributed by atoms with van der Waals surface area (Å²) in [5.41, 5.74) is 5.39. The van der Waals surface area contributed by atoms with Crippen LogP contribution in [0.25, 0.3) is 0 Å². The molecule has 6 nitrogen and oxygen atoms in total. The van der Waals surface area contributed by atoms with E-state index in [1.165, 1.54) is 11.1 Å². The lowest BCUT2D eigenvalue weighted by molar-refractivity contribution is -0.114. The first-order chi connectivity index (χ1) is 13.1. The molecule has 3 aliphatic rings. The van der Waals surface area contributed by atoms with Crippen molar-refractivity contribution >= 4 is 11.5 Å². The largest absolute Gasteiger partial charge is 0.425 e. The molecule has 5 rings (SSSR count). The summed E-state index contributed by atoms with van der Waals surface area (Å²) >= 11 is 0. The Morgan fingerprint density at radius 1 is 1.15 bits per heavy atom. The number of carbonyl (C=O) groups is 1. The predicted molar refractivity (Wildman–Crippen MR) is 101 cm³/mol. The third-order valence-corrected chi connectivity index (χ3v) is 5.85. The van der Waals surface area contributed by atoms with Gasteiger partial charge in [-0.15, -0.1) is 10.2 Å². The zero-order chi connectivity index (χ0) is 18.5. The van der Waals surface area contributed by atoms with Gasteiger partial charge in [0.05, 0.1) is 11.6 Å². The zero-order valence-electron chi connectivity index (χ0n) is 15.5. The topological polar surface area (TPSA) is 80.4 Å². The normalized spacial score (nSPS) is 27.4. The second-order valence-electron chi connectivity index (χ2n) is 7.65. The van der Waals surface area contributed by atoms with Crippen molar-refractivity contribution < 1.29 is 9.21 Å². The number of carbonyl (C=O) groups excluding carboxylic acids is 1. The average Bonchev–Trinajstić information content (AvgIpc) is 3.10. The summed E-state index contributed by atoms with van der Waals surface area (Å²) in [6.45, 7) is 4.11. The molecular weight excluding hydrogens is 340 g/mol. The number of piperidine rings is 1. The highest BCUT2D eigenvalue weighted by atomic mass is 16.4. The number of nitrogens with one attached hydrogen (secondary N) is 1. The molecule has 1 saturated heterocycles. The molecule has 1 fully saturated rings. The number of aromatic nitrogens is 2. The van der Waals surface area contributed by atoms with Gasteiger partial charge >= 0.3 is 0 Å². The number of dihydropyridines is 1. The lowest BCUT2D eigenvalue weighted by atomic mass is 9.71. The Balaban J connectivity index is 1.67. The molecule has 2 aromatic rings. The molecule has 3 unspecified atom stereocenters. The first kappa shape index (κ1) is 16.6. The number of benzene rings is 1. The minimum atomic E-state index is -0.179. The van der Waals surface area contributed by atoms with Gasteiger partial charge in [-0.2, -0.15) is 0 Å². The van der Waals surface area contributed by atoms with Gasteiger partial charge in [-0.25, -0.2) is 0 Å². The van der Waals surface area contributed by atoms with Crippen molar-refractivity contribution in [2.45, 2.75) is 51.1 Å². The van der Waals surface area contributed by atoms with Crippen LogP contribution in [-0.2, 0) is 4.79 Å². The summed E-state index contributed by atoms with van der Waals surface area (Å²) in [6, 6.07) is 8.69. The first-order valence-electron chi connectivity index (χ1n) is 9.55. The number of rotatable bonds is 2. The molecule has 0 saturated carbocycles. The molecule has 0 bridgehead atoms. The first-order valence-corrected chi connectivity index (χ1v) is 9.55. The van der Waals surface area contributed by atoms with Crippen molar-refractivity contribution in [2.75, 3.05) is 6.54 Å². The lowest BCUT2D eigenvalue weighted by Gasteiger charge is -2.43. The van der Waals surface area contributed by atoms with Crippen LogP contribution in [0.5, 0.6) is 0 Å². The molecule has 3 heterocycles. The van der Waals surface area contributed by atoms with Crippen molar-refractivity contribution in [3.8, 4) is 0 Å². The maximum atomic E-state index is 12.5. The Kier molecular flexibility index (Phi) is 3.82. The van der Waals surface area contributed by atoms with Crippen LogP contribution in [0.3, 0.4) is 0 Å². The number of Topliss-reactive ketones (excluding diaryl/α,β-unsaturated/α-hetero) is 1. The van der Waals surface area contributed by atoms with E-state index in [2.05, 4.69) is 46.7 Å². The van der Waals surface area contributed by atoms with E-state index in [0.29, 0.717) is 11.8 Å². The number of ketones is 1. The summed E-state index contributed by atoms with van der Waals surface area (Å²) in [5.74, 6) is 1.09. The Morgan fingerprint density at radius 3 is 2.70 bits per heavy atom. The smallest absolute Gasteiger partial charge is 0.227 e. The monoisotopic (exact) mass is 362 g/mol. The van der Waals surface area contributed by atoms with E-state index < -0.39 is 0 Å². The fourth-order valence-corrected chi connectivity index (χ4v) is 4.60. The number of aryl methyl sites for hydroxylation is 2. The molecule has 1 aromatic heterocycles. The SMILES string of the molecule is Cc1ccc(C2NC3CCCC4=C3C(=NCC4=O)C2c2nnc(C)o2)cc1. The van der Waals surface area contributed by atoms with Gasteiger partial charge in [0.2, 0.25) is 11.8 Å². The second kappa shape index (κ2) is 6.23. The molecule has 0 radical (unpaired) electrons. The van der Waals surface area contributed by atoms with Crippen molar-refractivity contribution in [3.63, 3.8) is 0 Å². The van der Waals surface area contributed by atoms with E-state index in [-0.39, 0.29) is 30.3 Å². The fourth-order valence-electron chi connectivity index (χ4n) is 4.60. The number of nitrogens with zero attached hydrogens (tertiary/aromatic N) is 3. The lowest BCUT2D eigenvalue weighted by Crippen LogP contribution is -2.51. The van der Waals surface area contributed by atoms with Crippen LogP contribution in [0.4, 0.5) is 0 Å². The molecule has 0 spiro atoms. The highest BCUT2D eigenvalue weighted by Gasteiger charge is 2.46. The van der Waals surface area contributed by atoms with Crippen molar-refractivity contribution in [2.24, 2.45) is 4.99 Å². The van der Waals surface area contributed by atoms with Crippen molar-refractivity contribution in [1.29, 1.82) is 0 Å². The maximum Gasteiger partial charge on any atom is 0.227 e. The van der Waals surface area contributed by atoms with Gasteiger partial charge < -0.3 is 9.73 Å². The van der Waals surface area contributed by atoms with Gasteiger partial charge in [-0.05, 0) is 37.3 Å². The third kappa shape index (κ3) is 2.67. The van der Waals surface area contributed by atoms with E-state index in [1.54, 1.807) is 6.92 Å². The van der Waals surface area contributed by atoms with Crippen LogP contribution in [0.15, 0.2) is 44.8 Å². The van der Waals surface area contributed by atoms with Gasteiger partial charge in [0.15, 0.2) is 5.78 Å². The Morgan fingerprint density at radius 2 is 1.96 bits per heavy atom. The molecular formula is C21H22N4O2. The van der Waals surface area contributed by atoms with Crippen LogP contribution in [0.2, 0.25) is 0 Å². The average molecular weight is 362 g/mol. The number of aliphatic imine (C=N–C) groups is 1. The van der Waals surface area contributed by atoms with Crippen LogP contribution < -0.4 is 5.32 Å². The molecule has 1 aromatic carbocycles. The van der Waals surface area contributed by atoms with Gasteiger partial charge in [0.1, 0.15) is 6.54 Å². The molecule has 2 aliphatic heterocycles. The zero-order valence-corrected chi connectivity index (χ0v) is 15.5. The molecule has 1 aliphatic carbocycles. The minimum absolute atomic E-state index is 0.00879. The minimum Gasteiger partial charge on any atom is -0.425 e. The number of hydrogen-bond acceptors (Lipinski definition) is 6. The molecule has 6 heteroatoms. The molecule has 0 amide bonds. The Bertz CT molecular complexity index is 970. The maximum absolute atomic E-state index is 12.5. The summed E-state index contributed by atoms with van der Waals surface area (Å²) in [4.78, 5) is 17.2. The Hall–Kier alpha value is -2.60. The highest BCUT2D eigenvalue weighted by molar-refractivity contribution is 6.16. The van der Waals surface area contributed by atoms with E-state index >= 15 is 0 Å². The van der Waals surface area contributed by atoms with Crippen LogP contribution in [0, 0.1) is 13.8 Å². The predicted octanol–water partition coefficient (Wildman–Crippen LogP) is 2.99. The third-order valence-electron chi connectivity index (χ3n) is 5.85. The summed E-state index contributed by atoms with van der Waals surface area (Å²) in [6.07, 6.45) is 2.89. The van der Waals surface area contributed by atoms with Crippen LogP contribution in [-0.4, -0.2) is 34.3 Å². The standard InChI is InChI=1S/C21H22N4O2/c1-11-6-8-13(9-7-11)19-18(21-25-24-12(2)27-21)20-17-14(16(26)10-22-20)4-3-5-15(17)23-19/h6-9,15,18-19,23H,3-5,10H2,1-2H3. The summed E-state index contributed by atoms with van der Waals surface area (Å²) in [5, 5.41) is 12.1.